The molecule has 1 atom stereocenters. The first-order valence-corrected chi connectivity index (χ1v) is 6.56. The van der Waals surface area contributed by atoms with E-state index < -0.39 is 0 Å². The fourth-order valence-corrected chi connectivity index (χ4v) is 2.00. The Labute approximate surface area is 113 Å². The smallest absolute Gasteiger partial charge is 0.138 e. The minimum atomic E-state index is 0.154. The summed E-state index contributed by atoms with van der Waals surface area (Å²) < 4.78 is 5.93. The van der Waals surface area contributed by atoms with Crippen molar-refractivity contribution in [1.29, 1.82) is 0 Å². The van der Waals surface area contributed by atoms with Crippen LogP contribution < -0.4 is 10.1 Å². The van der Waals surface area contributed by atoms with Crippen molar-refractivity contribution in [1.82, 2.24) is 5.32 Å². The zero-order valence-electron chi connectivity index (χ0n) is 10.5. The second-order valence-corrected chi connectivity index (χ2v) is 5.21. The van der Waals surface area contributed by atoms with Gasteiger partial charge in [0.25, 0.3) is 0 Å². The van der Waals surface area contributed by atoms with Crippen molar-refractivity contribution < 1.29 is 4.74 Å². The fourth-order valence-electron chi connectivity index (χ4n) is 1.55. The highest BCUT2D eigenvalue weighted by molar-refractivity contribution is 6.35. The summed E-state index contributed by atoms with van der Waals surface area (Å²) in [5, 5.41) is 4.31. The van der Waals surface area contributed by atoms with Crippen LogP contribution in [0.2, 0.25) is 10.0 Å². The molecule has 1 aromatic rings. The number of hydrogen-bond donors (Lipinski definition) is 1. The maximum absolute atomic E-state index is 6.09. The van der Waals surface area contributed by atoms with Gasteiger partial charge in [-0.05, 0) is 44.1 Å². The number of hydrogen-bond acceptors (Lipinski definition) is 2. The molecule has 0 aliphatic rings. The highest BCUT2D eigenvalue weighted by Gasteiger charge is 2.16. The third-order valence-electron chi connectivity index (χ3n) is 2.59. The first-order valence-electron chi connectivity index (χ1n) is 5.81. The maximum atomic E-state index is 6.09. The Morgan fingerprint density at radius 2 is 2.00 bits per heavy atom. The summed E-state index contributed by atoms with van der Waals surface area (Å²) in [6.45, 7) is 5.21. The van der Waals surface area contributed by atoms with Gasteiger partial charge in [0, 0.05) is 5.02 Å². The van der Waals surface area contributed by atoms with Crippen LogP contribution in [0.25, 0.3) is 0 Å². The summed E-state index contributed by atoms with van der Waals surface area (Å²) in [6.07, 6.45) is 1.11. The Hall–Kier alpha value is -0.440. The van der Waals surface area contributed by atoms with E-state index in [1.807, 2.05) is 13.1 Å². The molecule has 0 fully saturated rings. The number of halogens is 2. The standard InChI is InChI=1S/C13H19Cl2NO/c1-9(2)12(6-7-16-3)17-13-5-4-10(14)8-11(13)15/h4-5,8-9,12,16H,6-7H2,1-3H3. The molecule has 0 bridgehead atoms. The molecule has 0 radical (unpaired) electrons. The lowest BCUT2D eigenvalue weighted by Gasteiger charge is -2.23. The van der Waals surface area contributed by atoms with Gasteiger partial charge in [-0.3, -0.25) is 0 Å². The third-order valence-corrected chi connectivity index (χ3v) is 3.13. The molecule has 17 heavy (non-hydrogen) atoms. The molecule has 0 aromatic heterocycles. The van der Waals surface area contributed by atoms with Gasteiger partial charge in [-0.2, -0.15) is 0 Å². The van der Waals surface area contributed by atoms with Gasteiger partial charge < -0.3 is 10.1 Å². The van der Waals surface area contributed by atoms with Crippen LogP contribution in [0.5, 0.6) is 5.75 Å². The van der Waals surface area contributed by atoms with Crippen LogP contribution in [0.4, 0.5) is 0 Å². The summed E-state index contributed by atoms with van der Waals surface area (Å²) >= 11 is 11.9. The van der Waals surface area contributed by atoms with Crippen LogP contribution in [-0.2, 0) is 0 Å². The van der Waals surface area contributed by atoms with E-state index in [1.165, 1.54) is 0 Å². The first-order chi connectivity index (χ1) is 8.04. The molecule has 4 heteroatoms. The normalized spacial score (nSPS) is 12.8. The number of ether oxygens (including phenoxy) is 1. The molecule has 0 heterocycles. The Kier molecular flexibility index (Phi) is 6.10. The van der Waals surface area contributed by atoms with Crippen LogP contribution in [-0.4, -0.2) is 19.7 Å². The number of nitrogens with one attached hydrogen (secondary N) is 1. The highest BCUT2D eigenvalue weighted by Crippen LogP contribution is 2.29. The molecule has 0 aliphatic heterocycles. The number of benzene rings is 1. The molecule has 0 aliphatic carbocycles. The van der Waals surface area contributed by atoms with Gasteiger partial charge in [-0.25, -0.2) is 0 Å². The zero-order chi connectivity index (χ0) is 12.8. The average molecular weight is 276 g/mol. The van der Waals surface area contributed by atoms with Crippen molar-refractivity contribution in [2.45, 2.75) is 26.4 Å². The Morgan fingerprint density at radius 3 is 2.53 bits per heavy atom. The lowest BCUT2D eigenvalue weighted by molar-refractivity contribution is 0.142. The molecule has 0 saturated carbocycles. The molecular weight excluding hydrogens is 257 g/mol. The Bertz CT molecular complexity index is 355. The summed E-state index contributed by atoms with van der Waals surface area (Å²) in [5.41, 5.74) is 0. The second-order valence-electron chi connectivity index (χ2n) is 4.37. The first kappa shape index (κ1) is 14.6. The quantitative estimate of drug-likeness (QED) is 0.847. The van der Waals surface area contributed by atoms with Gasteiger partial charge in [0.1, 0.15) is 11.9 Å². The van der Waals surface area contributed by atoms with Crippen molar-refractivity contribution in [2.24, 2.45) is 5.92 Å². The van der Waals surface area contributed by atoms with E-state index in [0.29, 0.717) is 21.7 Å². The van der Waals surface area contributed by atoms with Crippen LogP contribution in [0.15, 0.2) is 18.2 Å². The molecule has 1 unspecified atom stereocenters. The molecule has 96 valence electrons. The van der Waals surface area contributed by atoms with Crippen LogP contribution >= 0.6 is 23.2 Å². The van der Waals surface area contributed by atoms with Crippen LogP contribution in [0.3, 0.4) is 0 Å². The SMILES string of the molecule is CNCCC(Oc1ccc(Cl)cc1Cl)C(C)C. The van der Waals surface area contributed by atoms with Crippen LogP contribution in [0, 0.1) is 5.92 Å². The van der Waals surface area contributed by atoms with E-state index in [2.05, 4.69) is 19.2 Å². The monoisotopic (exact) mass is 275 g/mol. The predicted octanol–water partition coefficient (Wildman–Crippen LogP) is 4.01. The topological polar surface area (TPSA) is 21.3 Å². The van der Waals surface area contributed by atoms with E-state index in [-0.39, 0.29) is 6.10 Å². The molecule has 0 saturated heterocycles. The van der Waals surface area contributed by atoms with E-state index in [0.717, 1.165) is 13.0 Å². The lowest BCUT2D eigenvalue weighted by Crippen LogP contribution is -2.27. The van der Waals surface area contributed by atoms with E-state index in [4.69, 9.17) is 27.9 Å². The van der Waals surface area contributed by atoms with Gasteiger partial charge in [0.05, 0.1) is 5.02 Å². The lowest BCUT2D eigenvalue weighted by atomic mass is 10.0. The van der Waals surface area contributed by atoms with Crippen LogP contribution in [0.1, 0.15) is 20.3 Å². The minimum absolute atomic E-state index is 0.154. The molecule has 1 aromatic carbocycles. The second kappa shape index (κ2) is 7.10. The van der Waals surface area contributed by atoms with E-state index in [1.54, 1.807) is 12.1 Å². The van der Waals surface area contributed by atoms with Crippen molar-refractivity contribution in [3.8, 4) is 5.75 Å². The summed E-state index contributed by atoms with van der Waals surface area (Å²) in [5.74, 6) is 1.14. The van der Waals surface area contributed by atoms with Gasteiger partial charge in [0.2, 0.25) is 0 Å². The minimum Gasteiger partial charge on any atom is -0.489 e. The molecular formula is C13H19Cl2NO. The summed E-state index contributed by atoms with van der Waals surface area (Å²) in [6, 6.07) is 5.31. The van der Waals surface area contributed by atoms with Crippen molar-refractivity contribution >= 4 is 23.2 Å². The fraction of sp³-hybridized carbons (Fsp3) is 0.538. The molecule has 1 N–H and O–H groups in total. The summed E-state index contributed by atoms with van der Waals surface area (Å²) in [4.78, 5) is 0. The van der Waals surface area contributed by atoms with Crippen molar-refractivity contribution in [3.63, 3.8) is 0 Å². The highest BCUT2D eigenvalue weighted by atomic mass is 35.5. The Morgan fingerprint density at radius 1 is 1.29 bits per heavy atom. The van der Waals surface area contributed by atoms with Gasteiger partial charge >= 0.3 is 0 Å². The van der Waals surface area contributed by atoms with Crippen molar-refractivity contribution in [3.05, 3.63) is 28.2 Å². The average Bonchev–Trinajstić information content (AvgIpc) is 2.26. The van der Waals surface area contributed by atoms with E-state index >= 15 is 0 Å². The van der Waals surface area contributed by atoms with Gasteiger partial charge in [0.15, 0.2) is 0 Å². The number of rotatable bonds is 6. The molecule has 1 rings (SSSR count). The van der Waals surface area contributed by atoms with Gasteiger partial charge in [-0.15, -0.1) is 0 Å². The predicted molar refractivity (Wildman–Crippen MR) is 74.3 cm³/mol. The summed E-state index contributed by atoms with van der Waals surface area (Å²) in [7, 11) is 1.94. The van der Waals surface area contributed by atoms with E-state index in [9.17, 15) is 0 Å². The maximum Gasteiger partial charge on any atom is 0.138 e. The molecule has 0 spiro atoms. The van der Waals surface area contributed by atoms with Gasteiger partial charge in [-0.1, -0.05) is 37.0 Å². The van der Waals surface area contributed by atoms with Crippen molar-refractivity contribution in [2.75, 3.05) is 13.6 Å². The Balaban J connectivity index is 2.71. The third kappa shape index (κ3) is 4.74. The largest absolute Gasteiger partial charge is 0.489 e. The molecule has 0 amide bonds. The zero-order valence-corrected chi connectivity index (χ0v) is 12.0. The molecule has 2 nitrogen and oxygen atoms in total.